The summed E-state index contributed by atoms with van der Waals surface area (Å²) in [5.41, 5.74) is 0.879. The standard InChI is InChI=1S/C22H24ClN5O2/c1-13(18-8-14-5-6-15(18)7-14)26-20(29)11-27-12-24-21-19(22(27)30)10-25-28(21)17-4-2-3-16(23)9-17/h2-4,9-10,12-15,18H,5-8,11H2,1H3,(H,26,29). The third kappa shape index (κ3) is 3.41. The third-order valence-corrected chi connectivity index (χ3v) is 6.98. The topological polar surface area (TPSA) is 81.8 Å². The van der Waals surface area contributed by atoms with E-state index in [0.717, 1.165) is 17.5 Å². The number of hydrogen-bond acceptors (Lipinski definition) is 4. The lowest BCUT2D eigenvalue weighted by molar-refractivity contribution is -0.122. The highest BCUT2D eigenvalue weighted by molar-refractivity contribution is 6.30. The van der Waals surface area contributed by atoms with Crippen LogP contribution in [0.25, 0.3) is 16.7 Å². The Kier molecular flexibility index (Phi) is 4.85. The highest BCUT2D eigenvalue weighted by Gasteiger charge is 2.42. The Morgan fingerprint density at radius 1 is 1.33 bits per heavy atom. The van der Waals surface area contributed by atoms with Gasteiger partial charge in [0.25, 0.3) is 5.56 Å². The summed E-state index contributed by atoms with van der Waals surface area (Å²) in [6.07, 6.45) is 8.04. The molecule has 0 saturated heterocycles. The Morgan fingerprint density at radius 3 is 2.93 bits per heavy atom. The molecule has 0 aliphatic heterocycles. The zero-order valence-corrected chi connectivity index (χ0v) is 17.5. The van der Waals surface area contributed by atoms with Gasteiger partial charge in [0.2, 0.25) is 5.91 Å². The molecule has 2 fully saturated rings. The second-order valence-corrected chi connectivity index (χ2v) is 9.08. The number of nitrogens with zero attached hydrogens (tertiary/aromatic N) is 4. The van der Waals surface area contributed by atoms with Gasteiger partial charge in [-0.2, -0.15) is 5.10 Å². The first-order valence-electron chi connectivity index (χ1n) is 10.5. The number of benzene rings is 1. The number of carbonyl (C=O) groups is 1. The van der Waals surface area contributed by atoms with Gasteiger partial charge in [-0.05, 0) is 62.1 Å². The molecule has 2 aliphatic carbocycles. The van der Waals surface area contributed by atoms with E-state index in [2.05, 4.69) is 22.3 Å². The molecule has 2 saturated carbocycles. The predicted octanol–water partition coefficient (Wildman–Crippen LogP) is 3.18. The Labute approximate surface area is 179 Å². The van der Waals surface area contributed by atoms with Crippen LogP contribution in [0.3, 0.4) is 0 Å². The van der Waals surface area contributed by atoms with Gasteiger partial charge in [-0.1, -0.05) is 24.1 Å². The maximum Gasteiger partial charge on any atom is 0.264 e. The van der Waals surface area contributed by atoms with Crippen LogP contribution in [-0.4, -0.2) is 31.3 Å². The van der Waals surface area contributed by atoms with Gasteiger partial charge in [-0.3, -0.25) is 14.2 Å². The van der Waals surface area contributed by atoms with Crippen molar-refractivity contribution in [2.45, 2.75) is 45.2 Å². The van der Waals surface area contributed by atoms with Crippen molar-refractivity contribution in [2.75, 3.05) is 0 Å². The lowest BCUT2D eigenvalue weighted by atomic mass is 9.84. The van der Waals surface area contributed by atoms with Crippen LogP contribution in [0.5, 0.6) is 0 Å². The molecule has 3 aromatic rings. The van der Waals surface area contributed by atoms with Gasteiger partial charge in [0.05, 0.1) is 11.9 Å². The van der Waals surface area contributed by atoms with Gasteiger partial charge in [0, 0.05) is 11.1 Å². The zero-order valence-electron chi connectivity index (χ0n) is 16.8. The summed E-state index contributed by atoms with van der Waals surface area (Å²) in [4.78, 5) is 29.9. The Morgan fingerprint density at radius 2 is 2.20 bits per heavy atom. The molecular weight excluding hydrogens is 402 g/mol. The molecule has 1 amide bonds. The van der Waals surface area contributed by atoms with E-state index in [1.807, 2.05) is 12.1 Å². The minimum atomic E-state index is -0.281. The van der Waals surface area contributed by atoms with Crippen molar-refractivity contribution in [3.8, 4) is 5.69 Å². The summed E-state index contributed by atoms with van der Waals surface area (Å²) < 4.78 is 2.92. The fraction of sp³-hybridized carbons (Fsp3) is 0.455. The largest absolute Gasteiger partial charge is 0.352 e. The van der Waals surface area contributed by atoms with Gasteiger partial charge >= 0.3 is 0 Å². The van der Waals surface area contributed by atoms with E-state index in [-0.39, 0.29) is 24.1 Å². The first kappa shape index (κ1) is 19.3. The van der Waals surface area contributed by atoms with Gasteiger partial charge in [0.1, 0.15) is 18.3 Å². The molecule has 4 atom stereocenters. The van der Waals surface area contributed by atoms with Crippen LogP contribution in [0.15, 0.2) is 41.6 Å². The normalized spacial score (nSPS) is 23.7. The number of aromatic nitrogens is 4. The van der Waals surface area contributed by atoms with E-state index >= 15 is 0 Å². The maximum absolute atomic E-state index is 12.9. The summed E-state index contributed by atoms with van der Waals surface area (Å²) in [5.74, 6) is 1.98. The quantitative estimate of drug-likeness (QED) is 0.680. The third-order valence-electron chi connectivity index (χ3n) is 6.74. The molecule has 0 radical (unpaired) electrons. The Balaban J connectivity index is 1.33. The van der Waals surface area contributed by atoms with E-state index in [1.54, 1.807) is 16.8 Å². The van der Waals surface area contributed by atoms with Crippen LogP contribution in [-0.2, 0) is 11.3 Å². The maximum atomic E-state index is 12.9. The van der Waals surface area contributed by atoms with Crippen LogP contribution in [0.2, 0.25) is 5.02 Å². The molecule has 1 N–H and O–H groups in total. The number of fused-ring (bicyclic) bond motifs is 3. The molecule has 8 heteroatoms. The van der Waals surface area contributed by atoms with Crippen LogP contribution in [0, 0.1) is 17.8 Å². The molecule has 1 aromatic carbocycles. The Hall–Kier alpha value is -2.67. The fourth-order valence-corrected chi connectivity index (χ4v) is 5.51. The summed E-state index contributed by atoms with van der Waals surface area (Å²) in [6.45, 7) is 2.04. The van der Waals surface area contributed by atoms with E-state index < -0.39 is 0 Å². The monoisotopic (exact) mass is 425 g/mol. The fourth-order valence-electron chi connectivity index (χ4n) is 5.33. The summed E-state index contributed by atoms with van der Waals surface area (Å²) in [6, 6.07) is 7.31. The van der Waals surface area contributed by atoms with E-state index in [9.17, 15) is 9.59 Å². The average Bonchev–Trinajstić information content (AvgIpc) is 3.45. The van der Waals surface area contributed by atoms with E-state index in [0.29, 0.717) is 22.0 Å². The zero-order chi connectivity index (χ0) is 20.8. The van der Waals surface area contributed by atoms with Crippen LogP contribution in [0.1, 0.15) is 32.6 Å². The molecular formula is C22H24ClN5O2. The van der Waals surface area contributed by atoms with Crippen molar-refractivity contribution in [1.82, 2.24) is 24.6 Å². The second-order valence-electron chi connectivity index (χ2n) is 8.65. The number of halogens is 1. The SMILES string of the molecule is CC(NC(=O)Cn1cnc2c(cnn2-c2cccc(Cl)c2)c1=O)C1CC2CCC1C2. The van der Waals surface area contributed by atoms with Crippen molar-refractivity contribution in [1.29, 1.82) is 0 Å². The first-order valence-corrected chi connectivity index (χ1v) is 10.9. The summed E-state index contributed by atoms with van der Waals surface area (Å²) >= 11 is 6.06. The van der Waals surface area contributed by atoms with Crippen molar-refractivity contribution >= 4 is 28.5 Å². The van der Waals surface area contributed by atoms with Gasteiger partial charge in [0.15, 0.2) is 5.65 Å². The lowest BCUT2D eigenvalue weighted by Gasteiger charge is -2.28. The van der Waals surface area contributed by atoms with Crippen LogP contribution < -0.4 is 10.9 Å². The van der Waals surface area contributed by atoms with Gasteiger partial charge in [-0.25, -0.2) is 9.67 Å². The molecule has 7 nitrogen and oxygen atoms in total. The second kappa shape index (κ2) is 7.54. The number of nitrogens with one attached hydrogen (secondary N) is 1. The van der Waals surface area contributed by atoms with Crippen molar-refractivity contribution in [2.24, 2.45) is 17.8 Å². The number of carbonyl (C=O) groups excluding carboxylic acids is 1. The van der Waals surface area contributed by atoms with Gasteiger partial charge in [-0.15, -0.1) is 0 Å². The molecule has 0 spiro atoms. The average molecular weight is 426 g/mol. The minimum absolute atomic E-state index is 0.0464. The smallest absolute Gasteiger partial charge is 0.264 e. The highest BCUT2D eigenvalue weighted by atomic mass is 35.5. The number of rotatable bonds is 5. The predicted molar refractivity (Wildman–Crippen MR) is 115 cm³/mol. The highest BCUT2D eigenvalue weighted by Crippen LogP contribution is 2.49. The molecule has 2 aromatic heterocycles. The molecule has 156 valence electrons. The molecule has 2 aliphatic rings. The molecule has 4 unspecified atom stereocenters. The number of amides is 1. The van der Waals surface area contributed by atoms with Crippen LogP contribution in [0.4, 0.5) is 0 Å². The summed E-state index contributed by atoms with van der Waals surface area (Å²) in [5, 5.41) is 8.34. The molecule has 30 heavy (non-hydrogen) atoms. The van der Waals surface area contributed by atoms with E-state index in [4.69, 9.17) is 11.6 Å². The molecule has 2 heterocycles. The Bertz CT molecular complexity index is 1170. The van der Waals surface area contributed by atoms with Crippen molar-refractivity contribution < 1.29 is 4.79 Å². The minimum Gasteiger partial charge on any atom is -0.352 e. The summed E-state index contributed by atoms with van der Waals surface area (Å²) in [7, 11) is 0. The van der Waals surface area contributed by atoms with Gasteiger partial charge < -0.3 is 5.32 Å². The van der Waals surface area contributed by atoms with Crippen molar-refractivity contribution in [3.63, 3.8) is 0 Å². The first-order chi connectivity index (χ1) is 14.5. The van der Waals surface area contributed by atoms with E-state index in [1.165, 1.54) is 42.8 Å². The lowest BCUT2D eigenvalue weighted by Crippen LogP contribution is -2.42. The van der Waals surface area contributed by atoms with Crippen molar-refractivity contribution in [3.05, 3.63) is 52.2 Å². The molecule has 5 rings (SSSR count). The molecule has 2 bridgehead atoms. The number of hydrogen-bond donors (Lipinski definition) is 1. The van der Waals surface area contributed by atoms with Crippen LogP contribution >= 0.6 is 11.6 Å².